The number of benzene rings is 2. The molecule has 1 unspecified atom stereocenters. The van der Waals surface area contributed by atoms with E-state index in [-0.39, 0.29) is 17.8 Å². The fourth-order valence-electron chi connectivity index (χ4n) is 4.24. The Morgan fingerprint density at radius 2 is 1.80 bits per heavy atom. The number of piperazine rings is 1. The minimum absolute atomic E-state index is 0.113. The molecule has 0 saturated carbocycles. The Morgan fingerprint density at radius 3 is 2.53 bits per heavy atom. The van der Waals surface area contributed by atoms with Gasteiger partial charge in [0.25, 0.3) is 0 Å². The van der Waals surface area contributed by atoms with E-state index in [0.29, 0.717) is 19.7 Å². The molecule has 2 heterocycles. The van der Waals surface area contributed by atoms with Crippen LogP contribution in [-0.4, -0.2) is 73.0 Å². The third-order valence-corrected chi connectivity index (χ3v) is 5.96. The van der Waals surface area contributed by atoms with Crippen molar-refractivity contribution in [3.63, 3.8) is 0 Å². The lowest BCUT2D eigenvalue weighted by Gasteiger charge is -2.37. The fraction of sp³-hybridized carbons (Fsp3) is 0.458. The Kier molecular flexibility index (Phi) is 6.77. The lowest BCUT2D eigenvalue weighted by atomic mass is 10.1. The van der Waals surface area contributed by atoms with Gasteiger partial charge in [-0.05, 0) is 30.2 Å². The van der Waals surface area contributed by atoms with Crippen LogP contribution in [0, 0.1) is 12.7 Å². The van der Waals surface area contributed by atoms with Crippen molar-refractivity contribution < 1.29 is 13.9 Å². The van der Waals surface area contributed by atoms with E-state index in [1.165, 1.54) is 23.3 Å². The Morgan fingerprint density at radius 1 is 1.03 bits per heavy atom. The third kappa shape index (κ3) is 5.45. The number of morpholine rings is 1. The molecule has 160 valence electrons. The van der Waals surface area contributed by atoms with Crippen LogP contribution >= 0.6 is 0 Å². The van der Waals surface area contributed by atoms with Crippen molar-refractivity contribution in [2.24, 2.45) is 0 Å². The van der Waals surface area contributed by atoms with Crippen molar-refractivity contribution in [2.75, 3.05) is 52.4 Å². The van der Waals surface area contributed by atoms with E-state index in [1.54, 1.807) is 12.1 Å². The Balaban J connectivity index is 1.25. The summed E-state index contributed by atoms with van der Waals surface area (Å²) in [5.41, 5.74) is 3.57. The van der Waals surface area contributed by atoms with Gasteiger partial charge in [0.2, 0.25) is 5.91 Å². The number of ether oxygens (including phenoxy) is 1. The lowest BCUT2D eigenvalue weighted by molar-refractivity contribution is -0.136. The highest BCUT2D eigenvalue weighted by Crippen LogP contribution is 2.22. The van der Waals surface area contributed by atoms with Crippen LogP contribution in [0.25, 0.3) is 0 Å². The quantitative estimate of drug-likeness (QED) is 0.758. The SMILES string of the molecule is Cc1cccc(CN2CCN(C(=O)CN3CCOC(c4ccc(F)cc4)C3)CC2)c1. The van der Waals surface area contributed by atoms with Crippen molar-refractivity contribution in [3.05, 3.63) is 71.0 Å². The van der Waals surface area contributed by atoms with Crippen LogP contribution in [0.4, 0.5) is 4.39 Å². The van der Waals surface area contributed by atoms with Crippen molar-refractivity contribution in [1.29, 1.82) is 0 Å². The van der Waals surface area contributed by atoms with Gasteiger partial charge in [-0.1, -0.05) is 42.0 Å². The van der Waals surface area contributed by atoms with Gasteiger partial charge in [-0.25, -0.2) is 4.39 Å². The summed E-state index contributed by atoms with van der Waals surface area (Å²) in [6, 6.07) is 15.1. The molecule has 2 aromatic carbocycles. The van der Waals surface area contributed by atoms with E-state index in [0.717, 1.165) is 44.8 Å². The average molecular weight is 412 g/mol. The first-order valence-electron chi connectivity index (χ1n) is 10.7. The number of carbonyl (C=O) groups excluding carboxylic acids is 1. The summed E-state index contributed by atoms with van der Waals surface area (Å²) < 4.78 is 19.0. The van der Waals surface area contributed by atoms with Gasteiger partial charge in [0.15, 0.2) is 0 Å². The topological polar surface area (TPSA) is 36.0 Å². The molecule has 6 heteroatoms. The predicted octanol–water partition coefficient (Wildman–Crippen LogP) is 2.85. The Bertz CT molecular complexity index is 850. The zero-order valence-corrected chi connectivity index (χ0v) is 17.6. The van der Waals surface area contributed by atoms with E-state index in [2.05, 4.69) is 41.0 Å². The van der Waals surface area contributed by atoms with Crippen molar-refractivity contribution in [3.8, 4) is 0 Å². The number of aryl methyl sites for hydroxylation is 1. The van der Waals surface area contributed by atoms with E-state index < -0.39 is 0 Å². The summed E-state index contributed by atoms with van der Waals surface area (Å²) in [5, 5.41) is 0. The Labute approximate surface area is 178 Å². The number of hydrogen-bond acceptors (Lipinski definition) is 4. The number of carbonyl (C=O) groups is 1. The minimum Gasteiger partial charge on any atom is -0.371 e. The number of rotatable bonds is 5. The van der Waals surface area contributed by atoms with E-state index in [4.69, 9.17) is 4.74 Å². The maximum Gasteiger partial charge on any atom is 0.236 e. The zero-order valence-electron chi connectivity index (χ0n) is 17.6. The average Bonchev–Trinajstić information content (AvgIpc) is 2.75. The molecule has 0 aliphatic carbocycles. The molecule has 0 spiro atoms. The number of hydrogen-bond donors (Lipinski definition) is 0. The fourth-order valence-corrected chi connectivity index (χ4v) is 4.24. The molecular weight excluding hydrogens is 381 g/mol. The monoisotopic (exact) mass is 411 g/mol. The van der Waals surface area contributed by atoms with Gasteiger partial charge < -0.3 is 9.64 Å². The molecule has 0 N–H and O–H groups in total. The van der Waals surface area contributed by atoms with Crippen LogP contribution in [0.1, 0.15) is 22.8 Å². The highest BCUT2D eigenvalue weighted by Gasteiger charge is 2.27. The van der Waals surface area contributed by atoms with Gasteiger partial charge in [0.05, 0.1) is 19.3 Å². The molecule has 2 fully saturated rings. The first-order chi connectivity index (χ1) is 14.6. The third-order valence-electron chi connectivity index (χ3n) is 5.96. The molecule has 0 aromatic heterocycles. The van der Waals surface area contributed by atoms with Gasteiger partial charge in [-0.3, -0.25) is 14.6 Å². The molecule has 2 aliphatic rings. The highest BCUT2D eigenvalue weighted by atomic mass is 19.1. The minimum atomic E-state index is -0.247. The molecule has 0 radical (unpaired) electrons. The maximum atomic E-state index is 13.2. The number of amides is 1. The van der Waals surface area contributed by atoms with Crippen LogP contribution in [0.5, 0.6) is 0 Å². The zero-order chi connectivity index (χ0) is 20.9. The summed E-state index contributed by atoms with van der Waals surface area (Å²) in [4.78, 5) is 19.4. The van der Waals surface area contributed by atoms with Gasteiger partial charge >= 0.3 is 0 Å². The smallest absolute Gasteiger partial charge is 0.236 e. The lowest BCUT2D eigenvalue weighted by Crippen LogP contribution is -2.52. The van der Waals surface area contributed by atoms with Crippen LogP contribution in [0.3, 0.4) is 0 Å². The summed E-state index contributed by atoms with van der Waals surface area (Å²) in [7, 11) is 0. The van der Waals surface area contributed by atoms with Gasteiger partial charge in [0.1, 0.15) is 5.82 Å². The standard InChI is InChI=1S/C24H30FN3O2/c1-19-3-2-4-20(15-19)16-26-9-11-28(12-10-26)24(29)18-27-13-14-30-23(17-27)21-5-7-22(25)8-6-21/h2-8,15,23H,9-14,16-18H2,1H3. The summed E-state index contributed by atoms with van der Waals surface area (Å²) >= 11 is 0. The molecule has 5 nitrogen and oxygen atoms in total. The van der Waals surface area contributed by atoms with E-state index in [1.807, 2.05) is 4.90 Å². The van der Waals surface area contributed by atoms with E-state index >= 15 is 0 Å². The number of nitrogens with zero attached hydrogens (tertiary/aromatic N) is 3. The Hall–Kier alpha value is -2.28. The maximum absolute atomic E-state index is 13.2. The van der Waals surface area contributed by atoms with Crippen LogP contribution in [0.15, 0.2) is 48.5 Å². The molecule has 0 bridgehead atoms. The normalized spacial score (nSPS) is 21.0. The largest absolute Gasteiger partial charge is 0.371 e. The van der Waals surface area contributed by atoms with Gasteiger partial charge in [-0.15, -0.1) is 0 Å². The first-order valence-corrected chi connectivity index (χ1v) is 10.7. The first kappa shape index (κ1) is 21.0. The predicted molar refractivity (Wildman–Crippen MR) is 115 cm³/mol. The van der Waals surface area contributed by atoms with Crippen molar-refractivity contribution >= 4 is 5.91 Å². The molecule has 1 amide bonds. The summed E-state index contributed by atoms with van der Waals surface area (Å²) in [5.74, 6) is -0.0619. The molecule has 1 atom stereocenters. The molecule has 2 aliphatic heterocycles. The molecule has 4 rings (SSSR count). The van der Waals surface area contributed by atoms with Crippen molar-refractivity contribution in [1.82, 2.24) is 14.7 Å². The second-order valence-corrected chi connectivity index (χ2v) is 8.29. The van der Waals surface area contributed by atoms with Crippen molar-refractivity contribution in [2.45, 2.75) is 19.6 Å². The van der Waals surface area contributed by atoms with Crippen LogP contribution < -0.4 is 0 Å². The van der Waals surface area contributed by atoms with Crippen LogP contribution in [-0.2, 0) is 16.1 Å². The van der Waals surface area contributed by atoms with Crippen LogP contribution in [0.2, 0.25) is 0 Å². The van der Waals surface area contributed by atoms with Gasteiger partial charge in [-0.2, -0.15) is 0 Å². The second-order valence-electron chi connectivity index (χ2n) is 8.29. The number of halogens is 1. The second kappa shape index (κ2) is 9.69. The molecule has 2 aromatic rings. The highest BCUT2D eigenvalue weighted by molar-refractivity contribution is 5.78. The molecule has 30 heavy (non-hydrogen) atoms. The van der Waals surface area contributed by atoms with Gasteiger partial charge in [0, 0.05) is 45.8 Å². The van der Waals surface area contributed by atoms with E-state index in [9.17, 15) is 9.18 Å². The molecular formula is C24H30FN3O2. The molecule has 2 saturated heterocycles. The summed E-state index contributed by atoms with van der Waals surface area (Å²) in [6.45, 7) is 8.81. The summed E-state index contributed by atoms with van der Waals surface area (Å²) in [6.07, 6.45) is -0.113.